The van der Waals surface area contributed by atoms with Crippen molar-refractivity contribution in [1.82, 2.24) is 4.98 Å². The van der Waals surface area contributed by atoms with Crippen LogP contribution in [0.5, 0.6) is 17.2 Å². The molecule has 0 bridgehead atoms. The van der Waals surface area contributed by atoms with Crippen molar-refractivity contribution < 1.29 is 19.7 Å². The smallest absolute Gasteiger partial charge is 0.231 e. The highest BCUT2D eigenvalue weighted by molar-refractivity contribution is 5.79. The molecule has 0 atom stereocenters. The lowest BCUT2D eigenvalue weighted by Crippen LogP contribution is -1.78. The van der Waals surface area contributed by atoms with Crippen LogP contribution in [-0.2, 0) is 0 Å². The van der Waals surface area contributed by atoms with Gasteiger partial charge in [-0.1, -0.05) is 0 Å². The Balaban J connectivity index is 2.22. The second kappa shape index (κ2) is 3.66. The van der Waals surface area contributed by atoms with E-state index < -0.39 is 0 Å². The van der Waals surface area contributed by atoms with Crippen LogP contribution in [0.3, 0.4) is 0 Å². The molecule has 3 aromatic rings. The molecule has 18 heavy (non-hydrogen) atoms. The van der Waals surface area contributed by atoms with Gasteiger partial charge in [0.2, 0.25) is 5.89 Å². The van der Waals surface area contributed by atoms with Crippen molar-refractivity contribution in [2.45, 2.75) is 0 Å². The third-order valence-corrected chi connectivity index (χ3v) is 2.58. The number of phenolic OH excluding ortho intramolecular Hbond substituents is 3. The Kier molecular flexibility index (Phi) is 2.13. The number of phenols is 3. The van der Waals surface area contributed by atoms with Gasteiger partial charge < -0.3 is 19.7 Å². The van der Waals surface area contributed by atoms with Gasteiger partial charge in [-0.25, -0.2) is 4.98 Å². The van der Waals surface area contributed by atoms with E-state index in [4.69, 9.17) is 4.42 Å². The van der Waals surface area contributed by atoms with Gasteiger partial charge in [0.25, 0.3) is 0 Å². The molecule has 1 heterocycles. The lowest BCUT2D eigenvalue weighted by Gasteiger charge is -1.99. The van der Waals surface area contributed by atoms with Crippen molar-refractivity contribution in [1.29, 1.82) is 0 Å². The largest absolute Gasteiger partial charge is 0.508 e. The Hall–Kier alpha value is -2.69. The number of hydrogen-bond acceptors (Lipinski definition) is 5. The van der Waals surface area contributed by atoms with Crippen LogP contribution in [0.1, 0.15) is 0 Å². The number of benzene rings is 2. The normalized spacial score (nSPS) is 10.9. The summed E-state index contributed by atoms with van der Waals surface area (Å²) in [5.41, 5.74) is 1.27. The van der Waals surface area contributed by atoms with Gasteiger partial charge in [0, 0.05) is 6.07 Å². The Morgan fingerprint density at radius 2 is 1.61 bits per heavy atom. The van der Waals surface area contributed by atoms with E-state index in [1.165, 1.54) is 30.3 Å². The Bertz CT molecular complexity index is 733. The van der Waals surface area contributed by atoms with E-state index in [1.807, 2.05) is 0 Å². The molecule has 0 aliphatic carbocycles. The monoisotopic (exact) mass is 243 g/mol. The Labute approximate surface area is 102 Å². The molecular weight excluding hydrogens is 234 g/mol. The maximum Gasteiger partial charge on any atom is 0.231 e. The molecule has 0 aliphatic heterocycles. The molecule has 0 saturated carbocycles. The van der Waals surface area contributed by atoms with Crippen molar-refractivity contribution in [3.8, 4) is 28.7 Å². The van der Waals surface area contributed by atoms with Gasteiger partial charge in [-0.3, -0.25) is 0 Å². The molecule has 0 spiro atoms. The molecule has 1 aromatic heterocycles. The number of hydrogen-bond donors (Lipinski definition) is 3. The average molecular weight is 243 g/mol. The molecule has 2 aromatic carbocycles. The molecule has 0 radical (unpaired) electrons. The molecule has 0 unspecified atom stereocenters. The quantitative estimate of drug-likeness (QED) is 0.572. The van der Waals surface area contributed by atoms with Crippen LogP contribution in [0.25, 0.3) is 22.6 Å². The first-order valence-electron chi connectivity index (χ1n) is 5.25. The van der Waals surface area contributed by atoms with Gasteiger partial charge in [0.1, 0.15) is 22.8 Å². The fourth-order valence-electron chi connectivity index (χ4n) is 1.73. The number of aromatic hydroxyl groups is 3. The zero-order valence-corrected chi connectivity index (χ0v) is 9.16. The van der Waals surface area contributed by atoms with Crippen molar-refractivity contribution in [3.05, 3.63) is 36.4 Å². The highest BCUT2D eigenvalue weighted by Crippen LogP contribution is 2.34. The van der Waals surface area contributed by atoms with E-state index >= 15 is 0 Å². The van der Waals surface area contributed by atoms with Crippen LogP contribution in [-0.4, -0.2) is 20.3 Å². The summed E-state index contributed by atoms with van der Waals surface area (Å²) >= 11 is 0. The summed E-state index contributed by atoms with van der Waals surface area (Å²) in [4.78, 5) is 4.15. The molecule has 0 saturated heterocycles. The molecule has 3 N–H and O–H groups in total. The minimum Gasteiger partial charge on any atom is -0.508 e. The molecule has 3 rings (SSSR count). The van der Waals surface area contributed by atoms with Gasteiger partial charge in [-0.15, -0.1) is 0 Å². The van der Waals surface area contributed by atoms with Crippen LogP contribution in [0, 0.1) is 0 Å². The lowest BCUT2D eigenvalue weighted by atomic mass is 10.2. The van der Waals surface area contributed by atoms with Crippen molar-refractivity contribution >= 4 is 11.1 Å². The standard InChI is InChI=1S/C13H9NO4/c15-7-1-3-11(17)9(5-7)13-14-10-6-8(16)2-4-12(10)18-13/h1-6,15-17H. The SMILES string of the molecule is Oc1ccc(O)c(-c2nc3cc(O)ccc3o2)c1. The molecule has 0 fully saturated rings. The van der Waals surface area contributed by atoms with Crippen molar-refractivity contribution in [2.24, 2.45) is 0 Å². The second-order valence-electron chi connectivity index (χ2n) is 3.87. The number of rotatable bonds is 1. The Morgan fingerprint density at radius 1 is 0.889 bits per heavy atom. The summed E-state index contributed by atoms with van der Waals surface area (Å²) in [5.74, 6) is 0.239. The maximum absolute atomic E-state index is 9.71. The first kappa shape index (κ1) is 10.5. The van der Waals surface area contributed by atoms with E-state index in [0.717, 1.165) is 0 Å². The number of oxazole rings is 1. The van der Waals surface area contributed by atoms with Crippen LogP contribution >= 0.6 is 0 Å². The summed E-state index contributed by atoms with van der Waals surface area (Å²) in [6.07, 6.45) is 0. The molecular formula is C13H9NO4. The molecule has 5 heteroatoms. The minimum atomic E-state index is -0.0384. The third-order valence-electron chi connectivity index (χ3n) is 2.58. The summed E-state index contributed by atoms with van der Waals surface area (Å²) in [6.45, 7) is 0. The van der Waals surface area contributed by atoms with Crippen molar-refractivity contribution in [2.75, 3.05) is 0 Å². The number of aromatic nitrogens is 1. The highest BCUT2D eigenvalue weighted by atomic mass is 16.4. The molecule has 90 valence electrons. The summed E-state index contributed by atoms with van der Waals surface area (Å²) in [6, 6.07) is 8.62. The van der Waals surface area contributed by atoms with Crippen molar-refractivity contribution in [3.63, 3.8) is 0 Å². The predicted octanol–water partition coefficient (Wildman–Crippen LogP) is 2.61. The fraction of sp³-hybridized carbons (Fsp3) is 0. The van der Waals surface area contributed by atoms with Gasteiger partial charge >= 0.3 is 0 Å². The average Bonchev–Trinajstić information content (AvgIpc) is 2.74. The van der Waals surface area contributed by atoms with Gasteiger partial charge in [-0.05, 0) is 30.3 Å². The summed E-state index contributed by atoms with van der Waals surface area (Å²) in [7, 11) is 0. The minimum absolute atomic E-state index is 0.00732. The predicted molar refractivity (Wildman–Crippen MR) is 64.4 cm³/mol. The number of nitrogens with zero attached hydrogens (tertiary/aromatic N) is 1. The first-order valence-corrected chi connectivity index (χ1v) is 5.25. The zero-order chi connectivity index (χ0) is 12.7. The molecule has 5 nitrogen and oxygen atoms in total. The summed E-state index contributed by atoms with van der Waals surface area (Å²) < 4.78 is 5.45. The van der Waals surface area contributed by atoms with E-state index in [1.54, 1.807) is 6.07 Å². The maximum atomic E-state index is 9.71. The second-order valence-corrected chi connectivity index (χ2v) is 3.87. The Morgan fingerprint density at radius 3 is 2.44 bits per heavy atom. The van der Waals surface area contributed by atoms with Gasteiger partial charge in [-0.2, -0.15) is 0 Å². The highest BCUT2D eigenvalue weighted by Gasteiger charge is 2.13. The fourth-order valence-corrected chi connectivity index (χ4v) is 1.73. The van der Waals surface area contributed by atoms with Crippen LogP contribution < -0.4 is 0 Å². The van der Waals surface area contributed by atoms with E-state index in [9.17, 15) is 15.3 Å². The van der Waals surface area contributed by atoms with Gasteiger partial charge in [0.15, 0.2) is 5.58 Å². The summed E-state index contributed by atoms with van der Waals surface area (Å²) in [5, 5.41) is 28.4. The molecule has 0 aliphatic rings. The lowest BCUT2D eigenvalue weighted by molar-refractivity contribution is 0.459. The van der Waals surface area contributed by atoms with Crippen LogP contribution in [0.4, 0.5) is 0 Å². The third kappa shape index (κ3) is 1.62. The van der Waals surface area contributed by atoms with E-state index in [0.29, 0.717) is 16.7 Å². The number of fused-ring (bicyclic) bond motifs is 1. The van der Waals surface area contributed by atoms with Crippen LogP contribution in [0.2, 0.25) is 0 Å². The topological polar surface area (TPSA) is 86.7 Å². The first-order chi connectivity index (χ1) is 8.63. The van der Waals surface area contributed by atoms with E-state index in [-0.39, 0.29) is 23.1 Å². The van der Waals surface area contributed by atoms with Crippen LogP contribution in [0.15, 0.2) is 40.8 Å². The van der Waals surface area contributed by atoms with Gasteiger partial charge in [0.05, 0.1) is 5.56 Å². The van der Waals surface area contributed by atoms with E-state index in [2.05, 4.69) is 4.98 Å². The molecule has 0 amide bonds. The zero-order valence-electron chi connectivity index (χ0n) is 9.16.